The van der Waals surface area contributed by atoms with Gasteiger partial charge in [-0.3, -0.25) is 0 Å². The molecule has 0 aliphatic heterocycles. The Morgan fingerprint density at radius 3 is 1.44 bits per heavy atom. The van der Waals surface area contributed by atoms with Crippen LogP contribution in [0.1, 0.15) is 11.1 Å². The molecule has 18 heavy (non-hydrogen) atoms. The molecular formula is C14H12CeO3. The van der Waals surface area contributed by atoms with E-state index in [4.69, 9.17) is 0 Å². The standard InChI is InChI=1S/C14H12O3.Ce/c15-13(16)14(17,11-7-3-1-4-8-11)12-9-5-2-6-10-12;/h1-10,17H,(H,15,16);. The van der Waals surface area contributed by atoms with Crippen LogP contribution in [-0.4, -0.2) is 16.2 Å². The molecule has 2 N–H and O–H groups in total. The van der Waals surface area contributed by atoms with E-state index in [1.807, 2.05) is 0 Å². The number of carbonyl (C=O) groups is 1. The molecule has 0 spiro atoms. The molecule has 0 aliphatic carbocycles. The van der Waals surface area contributed by atoms with Gasteiger partial charge in [0.15, 0.2) is 0 Å². The summed E-state index contributed by atoms with van der Waals surface area (Å²) in [7, 11) is 0. The Morgan fingerprint density at radius 2 is 1.17 bits per heavy atom. The fourth-order valence-electron chi connectivity index (χ4n) is 1.77. The topological polar surface area (TPSA) is 57.5 Å². The van der Waals surface area contributed by atoms with Gasteiger partial charge in [0.1, 0.15) is 0 Å². The van der Waals surface area contributed by atoms with Gasteiger partial charge in [-0.15, -0.1) is 0 Å². The first-order valence-corrected chi connectivity index (χ1v) is 5.22. The average molecular weight is 368 g/mol. The predicted octanol–water partition coefficient (Wildman–Crippen LogP) is 2.01. The first-order valence-electron chi connectivity index (χ1n) is 5.22. The van der Waals surface area contributed by atoms with Gasteiger partial charge in [-0.2, -0.15) is 0 Å². The van der Waals surface area contributed by atoms with Crippen LogP contribution in [-0.2, 0) is 10.4 Å². The molecule has 0 unspecified atom stereocenters. The summed E-state index contributed by atoms with van der Waals surface area (Å²) in [6, 6.07) is 16.7. The zero-order chi connectivity index (χ0) is 12.3. The van der Waals surface area contributed by atoms with E-state index in [1.165, 1.54) is 0 Å². The quantitative estimate of drug-likeness (QED) is 0.872. The Balaban J connectivity index is 0.00000162. The Labute approximate surface area is 139 Å². The predicted molar refractivity (Wildman–Crippen MR) is 63.5 cm³/mol. The molecule has 0 heterocycles. The van der Waals surface area contributed by atoms with Gasteiger partial charge in [-0.25, -0.2) is 4.79 Å². The summed E-state index contributed by atoms with van der Waals surface area (Å²) in [5.41, 5.74) is -1.31. The fourth-order valence-corrected chi connectivity index (χ4v) is 1.77. The zero-order valence-corrected chi connectivity index (χ0v) is 12.7. The van der Waals surface area contributed by atoms with Gasteiger partial charge in [-0.05, 0) is 11.1 Å². The van der Waals surface area contributed by atoms with E-state index >= 15 is 0 Å². The van der Waals surface area contributed by atoms with Crippen molar-refractivity contribution in [2.75, 3.05) is 0 Å². The maximum atomic E-state index is 11.4. The number of aliphatic hydroxyl groups is 1. The molecule has 0 saturated carbocycles. The number of hydrogen-bond donors (Lipinski definition) is 2. The van der Waals surface area contributed by atoms with Gasteiger partial charge in [0.25, 0.3) is 0 Å². The van der Waals surface area contributed by atoms with E-state index in [0.717, 1.165) is 0 Å². The minimum absolute atomic E-state index is 0. The second kappa shape index (κ2) is 6.42. The van der Waals surface area contributed by atoms with Crippen LogP contribution in [0.5, 0.6) is 0 Å². The number of benzene rings is 2. The third-order valence-corrected chi connectivity index (χ3v) is 2.69. The Hall–Kier alpha value is -0.753. The van der Waals surface area contributed by atoms with E-state index in [1.54, 1.807) is 60.7 Å². The summed E-state index contributed by atoms with van der Waals surface area (Å²) >= 11 is 0. The van der Waals surface area contributed by atoms with Crippen molar-refractivity contribution in [3.8, 4) is 0 Å². The van der Waals surface area contributed by atoms with Crippen LogP contribution < -0.4 is 0 Å². The second-order valence-corrected chi connectivity index (χ2v) is 3.75. The van der Waals surface area contributed by atoms with Crippen LogP contribution in [0.3, 0.4) is 0 Å². The molecule has 0 aromatic heterocycles. The van der Waals surface area contributed by atoms with E-state index in [0.29, 0.717) is 11.1 Å². The molecule has 0 aliphatic rings. The molecule has 2 aromatic rings. The van der Waals surface area contributed by atoms with Crippen molar-refractivity contribution in [2.24, 2.45) is 0 Å². The van der Waals surface area contributed by atoms with Gasteiger partial charge in [0.05, 0.1) is 0 Å². The molecule has 4 heteroatoms. The minimum atomic E-state index is -2.00. The summed E-state index contributed by atoms with van der Waals surface area (Å²) < 4.78 is 0. The van der Waals surface area contributed by atoms with Crippen molar-refractivity contribution in [3.63, 3.8) is 0 Å². The summed E-state index contributed by atoms with van der Waals surface area (Å²) in [5.74, 6) is -1.28. The van der Waals surface area contributed by atoms with Crippen molar-refractivity contribution >= 4 is 5.97 Å². The van der Waals surface area contributed by atoms with Crippen LogP contribution >= 0.6 is 0 Å². The number of rotatable bonds is 3. The largest absolute Gasteiger partial charge is 0.479 e. The van der Waals surface area contributed by atoms with E-state index in [-0.39, 0.29) is 41.7 Å². The van der Waals surface area contributed by atoms with E-state index in [2.05, 4.69) is 0 Å². The van der Waals surface area contributed by atoms with Crippen molar-refractivity contribution in [1.82, 2.24) is 0 Å². The van der Waals surface area contributed by atoms with E-state index < -0.39 is 11.6 Å². The van der Waals surface area contributed by atoms with Crippen LogP contribution in [0.15, 0.2) is 60.7 Å². The molecule has 0 radical (unpaired) electrons. The Kier molecular flexibility index (Phi) is 5.46. The molecule has 0 bridgehead atoms. The first-order chi connectivity index (χ1) is 8.15. The van der Waals surface area contributed by atoms with Gasteiger partial charge in [0, 0.05) is 41.7 Å². The monoisotopic (exact) mass is 368 g/mol. The molecule has 2 aromatic carbocycles. The maximum Gasteiger partial charge on any atom is 0.345 e. The van der Waals surface area contributed by atoms with E-state index in [9.17, 15) is 15.0 Å². The zero-order valence-electron chi connectivity index (χ0n) is 9.58. The number of hydrogen-bond acceptors (Lipinski definition) is 2. The minimum Gasteiger partial charge on any atom is -0.479 e. The van der Waals surface area contributed by atoms with Gasteiger partial charge in [-0.1, -0.05) is 60.7 Å². The first kappa shape index (κ1) is 15.3. The summed E-state index contributed by atoms with van der Waals surface area (Å²) in [6.07, 6.45) is 0. The van der Waals surface area contributed by atoms with Crippen LogP contribution in [0, 0.1) is 41.7 Å². The second-order valence-electron chi connectivity index (χ2n) is 3.75. The third kappa shape index (κ3) is 2.80. The van der Waals surface area contributed by atoms with Crippen molar-refractivity contribution in [3.05, 3.63) is 71.8 Å². The fraction of sp³-hybridized carbons (Fsp3) is 0.0714. The maximum absolute atomic E-state index is 11.4. The van der Waals surface area contributed by atoms with Gasteiger partial charge < -0.3 is 10.2 Å². The van der Waals surface area contributed by atoms with Gasteiger partial charge >= 0.3 is 5.97 Å². The molecule has 2 rings (SSSR count). The van der Waals surface area contributed by atoms with Crippen LogP contribution in [0.4, 0.5) is 0 Å². The summed E-state index contributed by atoms with van der Waals surface area (Å²) in [4.78, 5) is 11.4. The average Bonchev–Trinajstić information content (AvgIpc) is 2.39. The Morgan fingerprint density at radius 1 is 0.833 bits per heavy atom. The Bertz CT molecular complexity index is 472. The molecule has 3 nitrogen and oxygen atoms in total. The number of carboxylic acid groups (broad SMARTS) is 1. The number of aliphatic carboxylic acids is 1. The third-order valence-electron chi connectivity index (χ3n) is 2.69. The molecule has 0 atom stereocenters. The summed E-state index contributed by atoms with van der Waals surface area (Å²) in [6.45, 7) is 0. The molecule has 0 saturated heterocycles. The smallest absolute Gasteiger partial charge is 0.345 e. The van der Waals surface area contributed by atoms with Crippen LogP contribution in [0.25, 0.3) is 0 Å². The molecule has 0 amide bonds. The molecule has 90 valence electrons. The van der Waals surface area contributed by atoms with Crippen molar-refractivity contribution in [2.45, 2.75) is 5.60 Å². The molecular weight excluding hydrogens is 356 g/mol. The normalized spacial score (nSPS) is 10.5. The molecule has 0 fully saturated rings. The van der Waals surface area contributed by atoms with Crippen molar-refractivity contribution < 1.29 is 56.8 Å². The van der Waals surface area contributed by atoms with Crippen molar-refractivity contribution in [1.29, 1.82) is 0 Å². The van der Waals surface area contributed by atoms with Gasteiger partial charge in [0.2, 0.25) is 5.60 Å². The number of carboxylic acids is 1. The summed E-state index contributed by atoms with van der Waals surface area (Å²) in [5, 5.41) is 19.7. The SMILES string of the molecule is O=C(O)C(O)(c1ccccc1)c1ccccc1.[Ce]. The van der Waals surface area contributed by atoms with Crippen LogP contribution in [0.2, 0.25) is 0 Å².